The zero-order valence-corrected chi connectivity index (χ0v) is 12.9. The standard InChI is InChI=1S/C13H15NO2S3/c1-19(15,16)11-6-4-10(5-7-11)18-13(9-14)12-3-2-8-17-12/h2-8,13H,9,14H2,1H3. The van der Waals surface area contributed by atoms with Crippen molar-refractivity contribution in [1.82, 2.24) is 0 Å². The van der Waals surface area contributed by atoms with Crippen molar-refractivity contribution >= 4 is 32.9 Å². The summed E-state index contributed by atoms with van der Waals surface area (Å²) < 4.78 is 22.8. The van der Waals surface area contributed by atoms with Crippen molar-refractivity contribution < 1.29 is 8.42 Å². The molecule has 0 aliphatic rings. The van der Waals surface area contributed by atoms with E-state index in [4.69, 9.17) is 5.73 Å². The van der Waals surface area contributed by atoms with Crippen molar-refractivity contribution in [3.63, 3.8) is 0 Å². The van der Waals surface area contributed by atoms with Crippen LogP contribution in [0.2, 0.25) is 0 Å². The smallest absolute Gasteiger partial charge is 0.175 e. The SMILES string of the molecule is CS(=O)(=O)c1ccc(SC(CN)c2cccs2)cc1. The lowest BCUT2D eigenvalue weighted by Crippen LogP contribution is -2.07. The minimum atomic E-state index is -3.13. The largest absolute Gasteiger partial charge is 0.329 e. The fraction of sp³-hybridized carbons (Fsp3) is 0.231. The molecule has 3 nitrogen and oxygen atoms in total. The second-order valence-electron chi connectivity index (χ2n) is 4.10. The molecule has 0 saturated carbocycles. The van der Waals surface area contributed by atoms with Crippen LogP contribution < -0.4 is 5.73 Å². The van der Waals surface area contributed by atoms with E-state index in [9.17, 15) is 8.42 Å². The zero-order valence-electron chi connectivity index (χ0n) is 10.4. The van der Waals surface area contributed by atoms with E-state index in [1.54, 1.807) is 35.2 Å². The van der Waals surface area contributed by atoms with Crippen molar-refractivity contribution in [1.29, 1.82) is 0 Å². The summed E-state index contributed by atoms with van der Waals surface area (Å²) in [7, 11) is -3.13. The molecule has 0 spiro atoms. The van der Waals surface area contributed by atoms with Gasteiger partial charge in [-0.15, -0.1) is 23.1 Å². The third kappa shape index (κ3) is 3.82. The van der Waals surface area contributed by atoms with E-state index in [2.05, 4.69) is 6.07 Å². The van der Waals surface area contributed by atoms with Gasteiger partial charge in [0.05, 0.1) is 10.1 Å². The van der Waals surface area contributed by atoms with Crippen LogP contribution in [-0.4, -0.2) is 21.2 Å². The molecule has 0 saturated heterocycles. The number of nitrogens with two attached hydrogens (primary N) is 1. The molecule has 0 aliphatic carbocycles. The highest BCUT2D eigenvalue weighted by Gasteiger charge is 2.13. The predicted octanol–water partition coefficient (Wildman–Crippen LogP) is 2.94. The average molecular weight is 313 g/mol. The topological polar surface area (TPSA) is 60.2 Å². The van der Waals surface area contributed by atoms with Crippen LogP contribution in [0.3, 0.4) is 0 Å². The number of rotatable bonds is 5. The van der Waals surface area contributed by atoms with Gasteiger partial charge in [0.15, 0.2) is 9.84 Å². The van der Waals surface area contributed by atoms with Crippen molar-refractivity contribution in [2.24, 2.45) is 5.73 Å². The summed E-state index contributed by atoms with van der Waals surface area (Å²) in [5.74, 6) is 0. The Morgan fingerprint density at radius 2 is 1.95 bits per heavy atom. The Kier molecular flexibility index (Phi) is 4.67. The Morgan fingerprint density at radius 3 is 2.42 bits per heavy atom. The summed E-state index contributed by atoms with van der Waals surface area (Å²) in [4.78, 5) is 2.60. The van der Waals surface area contributed by atoms with E-state index >= 15 is 0 Å². The molecule has 1 heterocycles. The highest BCUT2D eigenvalue weighted by molar-refractivity contribution is 7.99. The Labute approximate surface area is 121 Å². The van der Waals surface area contributed by atoms with E-state index < -0.39 is 9.84 Å². The molecule has 1 atom stereocenters. The van der Waals surface area contributed by atoms with Crippen LogP contribution in [-0.2, 0) is 9.84 Å². The minimum Gasteiger partial charge on any atom is -0.329 e. The molecule has 0 aliphatic heterocycles. The normalized spacial score (nSPS) is 13.4. The molecule has 1 unspecified atom stereocenters. The van der Waals surface area contributed by atoms with Crippen LogP contribution >= 0.6 is 23.1 Å². The second-order valence-corrected chi connectivity index (χ2v) is 8.37. The number of hydrogen-bond acceptors (Lipinski definition) is 5. The van der Waals surface area contributed by atoms with Gasteiger partial charge < -0.3 is 5.73 Å². The van der Waals surface area contributed by atoms with Gasteiger partial charge in [-0.1, -0.05) is 6.07 Å². The van der Waals surface area contributed by atoms with E-state index in [-0.39, 0.29) is 5.25 Å². The summed E-state index contributed by atoms with van der Waals surface area (Å²) in [6.07, 6.45) is 1.21. The summed E-state index contributed by atoms with van der Waals surface area (Å²) >= 11 is 3.34. The van der Waals surface area contributed by atoms with E-state index in [0.717, 1.165) is 4.90 Å². The zero-order chi connectivity index (χ0) is 13.9. The molecule has 0 amide bonds. The first kappa shape index (κ1) is 14.6. The van der Waals surface area contributed by atoms with Crippen molar-refractivity contribution in [2.75, 3.05) is 12.8 Å². The molecule has 2 aromatic rings. The van der Waals surface area contributed by atoms with Gasteiger partial charge in [0.2, 0.25) is 0 Å². The van der Waals surface area contributed by atoms with Gasteiger partial charge in [-0.25, -0.2) is 8.42 Å². The predicted molar refractivity (Wildman–Crippen MR) is 81.5 cm³/mol. The number of benzene rings is 1. The monoisotopic (exact) mass is 313 g/mol. The van der Waals surface area contributed by atoms with Crippen LogP contribution in [0.5, 0.6) is 0 Å². The summed E-state index contributed by atoms with van der Waals surface area (Å²) in [6, 6.07) is 11.0. The van der Waals surface area contributed by atoms with Crippen molar-refractivity contribution in [3.8, 4) is 0 Å². The molecule has 0 radical (unpaired) electrons. The lowest BCUT2D eigenvalue weighted by molar-refractivity contribution is 0.602. The van der Waals surface area contributed by atoms with Crippen LogP contribution in [0.15, 0.2) is 51.6 Å². The first-order chi connectivity index (χ1) is 9.00. The van der Waals surface area contributed by atoms with Gasteiger partial charge in [-0.2, -0.15) is 0 Å². The van der Waals surface area contributed by atoms with Gasteiger partial charge in [-0.05, 0) is 35.7 Å². The third-order valence-corrected chi connectivity index (χ3v) is 6.14. The minimum absolute atomic E-state index is 0.212. The van der Waals surface area contributed by atoms with Gasteiger partial charge in [0, 0.05) is 22.6 Å². The number of thiophene rings is 1. The summed E-state index contributed by atoms with van der Waals surface area (Å²) in [5, 5.41) is 2.25. The Bertz CT molecular complexity index is 618. The molecule has 102 valence electrons. The molecule has 0 bridgehead atoms. The lowest BCUT2D eigenvalue weighted by atomic mass is 10.3. The number of hydrogen-bond donors (Lipinski definition) is 1. The fourth-order valence-electron chi connectivity index (χ4n) is 1.63. The Hall–Kier alpha value is -0.820. The third-order valence-electron chi connectivity index (χ3n) is 2.60. The molecule has 2 rings (SSSR count). The highest BCUT2D eigenvalue weighted by Crippen LogP contribution is 2.36. The number of sulfone groups is 1. The van der Waals surface area contributed by atoms with Crippen molar-refractivity contribution in [2.45, 2.75) is 15.0 Å². The van der Waals surface area contributed by atoms with E-state index in [0.29, 0.717) is 11.4 Å². The Balaban J connectivity index is 2.15. The van der Waals surface area contributed by atoms with Gasteiger partial charge in [0.25, 0.3) is 0 Å². The van der Waals surface area contributed by atoms with Gasteiger partial charge in [-0.3, -0.25) is 0 Å². The highest BCUT2D eigenvalue weighted by atomic mass is 32.2. The maximum Gasteiger partial charge on any atom is 0.175 e. The molecule has 1 aromatic heterocycles. The lowest BCUT2D eigenvalue weighted by Gasteiger charge is -2.12. The molecule has 2 N–H and O–H groups in total. The molecule has 6 heteroatoms. The van der Waals surface area contributed by atoms with Crippen LogP contribution in [0, 0.1) is 0 Å². The molecule has 1 aromatic carbocycles. The average Bonchev–Trinajstić information content (AvgIpc) is 2.89. The fourth-order valence-corrected chi connectivity index (χ4v) is 4.20. The van der Waals surface area contributed by atoms with Gasteiger partial charge in [0.1, 0.15) is 0 Å². The van der Waals surface area contributed by atoms with Crippen LogP contribution in [0.4, 0.5) is 0 Å². The van der Waals surface area contributed by atoms with Gasteiger partial charge >= 0.3 is 0 Å². The maximum absolute atomic E-state index is 11.4. The maximum atomic E-state index is 11.4. The number of thioether (sulfide) groups is 1. The van der Waals surface area contributed by atoms with Crippen LogP contribution in [0.1, 0.15) is 10.1 Å². The van der Waals surface area contributed by atoms with Crippen molar-refractivity contribution in [3.05, 3.63) is 46.7 Å². The Morgan fingerprint density at radius 1 is 1.26 bits per heavy atom. The summed E-state index contributed by atoms with van der Waals surface area (Å²) in [6.45, 7) is 0.555. The second kappa shape index (κ2) is 6.09. The molecule has 0 fully saturated rings. The molecular weight excluding hydrogens is 298 g/mol. The first-order valence-electron chi connectivity index (χ1n) is 5.71. The summed E-state index contributed by atoms with van der Waals surface area (Å²) in [5.41, 5.74) is 5.80. The van der Waals surface area contributed by atoms with E-state index in [1.165, 1.54) is 11.1 Å². The molecular formula is C13H15NO2S3. The molecule has 19 heavy (non-hydrogen) atoms. The quantitative estimate of drug-likeness (QED) is 0.862. The van der Waals surface area contributed by atoms with E-state index in [1.807, 2.05) is 23.6 Å². The van der Waals surface area contributed by atoms with Crippen LogP contribution in [0.25, 0.3) is 0 Å². The first-order valence-corrected chi connectivity index (χ1v) is 9.36.